The Balaban J connectivity index is 2.11. The zero-order valence-corrected chi connectivity index (χ0v) is 12.6. The molecule has 0 bridgehead atoms. The van der Waals surface area contributed by atoms with Gasteiger partial charge in [0.15, 0.2) is 0 Å². The van der Waals surface area contributed by atoms with Crippen LogP contribution in [0.2, 0.25) is 0 Å². The van der Waals surface area contributed by atoms with Gasteiger partial charge in [-0.05, 0) is 70.1 Å². The monoisotopic (exact) mass is 282 g/mol. The molecule has 1 aliphatic heterocycles. The molecule has 1 heterocycles. The maximum atomic E-state index is 12.3. The molecule has 19 heavy (non-hydrogen) atoms. The Morgan fingerprint density at radius 2 is 1.79 bits per heavy atom. The summed E-state index contributed by atoms with van der Waals surface area (Å²) in [6, 6.07) is 5.34. The number of likely N-dealkylation sites (tertiary alicyclic amines) is 1. The number of benzene rings is 1. The van der Waals surface area contributed by atoms with Crippen LogP contribution in [0, 0.1) is 13.8 Å². The molecule has 1 N–H and O–H groups in total. The molecule has 0 aromatic heterocycles. The zero-order chi connectivity index (χ0) is 14.0. The molecule has 1 fully saturated rings. The predicted octanol–water partition coefficient (Wildman–Crippen LogP) is 1.68. The summed E-state index contributed by atoms with van der Waals surface area (Å²) >= 11 is 0. The lowest BCUT2D eigenvalue weighted by molar-refractivity contribution is 0.248. The van der Waals surface area contributed by atoms with Gasteiger partial charge < -0.3 is 4.90 Å². The fourth-order valence-electron chi connectivity index (χ4n) is 2.29. The Hall–Kier alpha value is -0.910. The summed E-state index contributed by atoms with van der Waals surface area (Å²) in [5.74, 6) is 0. The summed E-state index contributed by atoms with van der Waals surface area (Å²) < 4.78 is 27.5. The Morgan fingerprint density at radius 1 is 1.16 bits per heavy atom. The van der Waals surface area contributed by atoms with Crippen LogP contribution < -0.4 is 4.72 Å². The van der Waals surface area contributed by atoms with Crippen molar-refractivity contribution in [1.82, 2.24) is 9.62 Å². The normalized spacial score (nSPS) is 18.7. The van der Waals surface area contributed by atoms with E-state index in [2.05, 4.69) is 16.7 Å². The van der Waals surface area contributed by atoms with E-state index in [0.29, 0.717) is 4.90 Å². The van der Waals surface area contributed by atoms with E-state index in [1.54, 1.807) is 12.1 Å². The van der Waals surface area contributed by atoms with Gasteiger partial charge >= 0.3 is 0 Å². The first-order chi connectivity index (χ1) is 8.88. The second kappa shape index (κ2) is 5.61. The molecular weight excluding hydrogens is 260 g/mol. The first kappa shape index (κ1) is 14.5. The molecule has 0 radical (unpaired) electrons. The first-order valence-electron chi connectivity index (χ1n) is 6.66. The topological polar surface area (TPSA) is 49.4 Å². The summed E-state index contributed by atoms with van der Waals surface area (Å²) in [5.41, 5.74) is 2.12. The maximum Gasteiger partial charge on any atom is 0.240 e. The number of piperidine rings is 1. The summed E-state index contributed by atoms with van der Waals surface area (Å²) in [6.07, 6.45) is 1.75. The van der Waals surface area contributed by atoms with Gasteiger partial charge in [-0.15, -0.1) is 0 Å². The second-order valence-corrected chi connectivity index (χ2v) is 7.16. The molecule has 0 amide bonds. The number of hydrogen-bond acceptors (Lipinski definition) is 3. The summed E-state index contributed by atoms with van der Waals surface area (Å²) in [4.78, 5) is 2.59. The van der Waals surface area contributed by atoms with Crippen molar-refractivity contribution >= 4 is 10.0 Å². The van der Waals surface area contributed by atoms with Crippen LogP contribution in [0.3, 0.4) is 0 Å². The van der Waals surface area contributed by atoms with Crippen molar-refractivity contribution in [2.75, 3.05) is 20.1 Å². The quantitative estimate of drug-likeness (QED) is 0.917. The van der Waals surface area contributed by atoms with Gasteiger partial charge in [0, 0.05) is 6.04 Å². The number of nitrogens with one attached hydrogen (secondary N) is 1. The standard InChI is InChI=1S/C14H22N2O2S/c1-11-4-5-14(10-12(11)2)19(17,18)15-13-6-8-16(3)9-7-13/h4-5,10,13,15H,6-9H2,1-3H3. The SMILES string of the molecule is Cc1ccc(S(=O)(=O)NC2CCN(C)CC2)cc1C. The van der Waals surface area contributed by atoms with Crippen molar-refractivity contribution in [2.24, 2.45) is 0 Å². The van der Waals surface area contributed by atoms with E-state index in [4.69, 9.17) is 0 Å². The Labute approximate surface area is 115 Å². The van der Waals surface area contributed by atoms with E-state index in [0.717, 1.165) is 37.1 Å². The molecule has 1 aromatic carbocycles. The average Bonchev–Trinajstić information content (AvgIpc) is 2.35. The Morgan fingerprint density at radius 3 is 2.37 bits per heavy atom. The molecule has 1 aliphatic rings. The number of rotatable bonds is 3. The molecule has 2 rings (SSSR count). The van der Waals surface area contributed by atoms with Gasteiger partial charge in [0.05, 0.1) is 4.90 Å². The number of sulfonamides is 1. The molecule has 1 aromatic rings. The van der Waals surface area contributed by atoms with Crippen molar-refractivity contribution in [3.05, 3.63) is 29.3 Å². The average molecular weight is 282 g/mol. The lowest BCUT2D eigenvalue weighted by atomic mass is 10.1. The highest BCUT2D eigenvalue weighted by Gasteiger charge is 2.23. The minimum absolute atomic E-state index is 0.0582. The van der Waals surface area contributed by atoms with Crippen molar-refractivity contribution < 1.29 is 8.42 Å². The summed E-state index contributed by atoms with van der Waals surface area (Å²) in [7, 11) is -1.32. The third-order valence-corrected chi connectivity index (χ3v) is 5.35. The van der Waals surface area contributed by atoms with Crippen molar-refractivity contribution in [1.29, 1.82) is 0 Å². The van der Waals surface area contributed by atoms with Crippen LogP contribution in [0.5, 0.6) is 0 Å². The lowest BCUT2D eigenvalue weighted by Gasteiger charge is -2.29. The van der Waals surface area contributed by atoms with Crippen molar-refractivity contribution in [3.63, 3.8) is 0 Å². The van der Waals surface area contributed by atoms with Crippen LogP contribution in [0.25, 0.3) is 0 Å². The molecular formula is C14H22N2O2S. The molecule has 106 valence electrons. The second-order valence-electron chi connectivity index (χ2n) is 5.44. The van der Waals surface area contributed by atoms with Crippen molar-refractivity contribution in [3.8, 4) is 0 Å². The van der Waals surface area contributed by atoms with Crippen LogP contribution in [0.1, 0.15) is 24.0 Å². The van der Waals surface area contributed by atoms with E-state index in [1.807, 2.05) is 19.9 Å². The zero-order valence-electron chi connectivity index (χ0n) is 11.8. The van der Waals surface area contributed by atoms with Gasteiger partial charge in [0.25, 0.3) is 0 Å². The molecule has 0 unspecified atom stereocenters. The first-order valence-corrected chi connectivity index (χ1v) is 8.15. The highest BCUT2D eigenvalue weighted by atomic mass is 32.2. The number of hydrogen-bond donors (Lipinski definition) is 1. The lowest BCUT2D eigenvalue weighted by Crippen LogP contribution is -2.43. The van der Waals surface area contributed by atoms with Crippen LogP contribution in [0.4, 0.5) is 0 Å². The Kier molecular flexibility index (Phi) is 4.28. The largest absolute Gasteiger partial charge is 0.306 e. The van der Waals surface area contributed by atoms with Gasteiger partial charge in [0.1, 0.15) is 0 Å². The third-order valence-electron chi connectivity index (χ3n) is 3.83. The molecule has 0 spiro atoms. The molecule has 0 saturated carbocycles. The van der Waals surface area contributed by atoms with Gasteiger partial charge in [-0.25, -0.2) is 13.1 Å². The van der Waals surface area contributed by atoms with Gasteiger partial charge in [-0.3, -0.25) is 0 Å². The number of nitrogens with zero attached hydrogens (tertiary/aromatic N) is 1. The van der Waals surface area contributed by atoms with Crippen LogP contribution in [0.15, 0.2) is 23.1 Å². The highest BCUT2D eigenvalue weighted by molar-refractivity contribution is 7.89. The third kappa shape index (κ3) is 3.55. The minimum atomic E-state index is -3.39. The fourth-order valence-corrected chi connectivity index (χ4v) is 3.68. The molecule has 0 atom stereocenters. The maximum absolute atomic E-state index is 12.3. The van der Waals surface area contributed by atoms with E-state index in [1.165, 1.54) is 0 Å². The number of aryl methyl sites for hydroxylation is 2. The summed E-state index contributed by atoms with van der Waals surface area (Å²) in [6.45, 7) is 5.81. The molecule has 1 saturated heterocycles. The molecule has 5 heteroatoms. The van der Waals surface area contributed by atoms with E-state index in [9.17, 15) is 8.42 Å². The highest BCUT2D eigenvalue weighted by Crippen LogP contribution is 2.17. The predicted molar refractivity (Wildman–Crippen MR) is 76.8 cm³/mol. The van der Waals surface area contributed by atoms with E-state index >= 15 is 0 Å². The van der Waals surface area contributed by atoms with Crippen LogP contribution >= 0.6 is 0 Å². The van der Waals surface area contributed by atoms with Crippen LogP contribution in [-0.2, 0) is 10.0 Å². The van der Waals surface area contributed by atoms with E-state index < -0.39 is 10.0 Å². The summed E-state index contributed by atoms with van der Waals surface area (Å²) in [5, 5.41) is 0. The van der Waals surface area contributed by atoms with E-state index in [-0.39, 0.29) is 6.04 Å². The molecule has 0 aliphatic carbocycles. The smallest absolute Gasteiger partial charge is 0.240 e. The fraction of sp³-hybridized carbons (Fsp3) is 0.571. The molecule has 4 nitrogen and oxygen atoms in total. The van der Waals surface area contributed by atoms with Crippen molar-refractivity contribution in [2.45, 2.75) is 37.6 Å². The van der Waals surface area contributed by atoms with Gasteiger partial charge in [0.2, 0.25) is 10.0 Å². The van der Waals surface area contributed by atoms with Crippen LogP contribution in [-0.4, -0.2) is 39.5 Å². The minimum Gasteiger partial charge on any atom is -0.306 e. The van der Waals surface area contributed by atoms with Gasteiger partial charge in [-0.1, -0.05) is 6.07 Å². The Bertz CT molecular complexity index is 547. The van der Waals surface area contributed by atoms with Gasteiger partial charge in [-0.2, -0.15) is 0 Å².